The van der Waals surface area contributed by atoms with Crippen molar-refractivity contribution in [2.24, 2.45) is 0 Å². The molecule has 1 heterocycles. The summed E-state index contributed by atoms with van der Waals surface area (Å²) in [5.74, 6) is -1.18. The normalized spacial score (nSPS) is 10.6. The van der Waals surface area contributed by atoms with Gasteiger partial charge in [0.05, 0.1) is 22.0 Å². The molecule has 29 heavy (non-hydrogen) atoms. The van der Waals surface area contributed by atoms with Gasteiger partial charge in [-0.25, -0.2) is 13.5 Å². The number of amides is 1. The molecular weight excluding hydrogens is 400 g/mol. The first-order chi connectivity index (χ1) is 13.9. The lowest BCUT2D eigenvalue weighted by Gasteiger charge is -2.06. The van der Waals surface area contributed by atoms with E-state index in [-0.39, 0.29) is 22.0 Å². The first-order valence-electron chi connectivity index (χ1n) is 8.67. The van der Waals surface area contributed by atoms with Crippen LogP contribution in [0.2, 0.25) is 5.02 Å². The van der Waals surface area contributed by atoms with Crippen molar-refractivity contribution in [3.05, 3.63) is 75.9 Å². The predicted octanol–water partition coefficient (Wildman–Crippen LogP) is 3.62. The molecule has 0 saturated carbocycles. The molecule has 1 aromatic heterocycles. The highest BCUT2D eigenvalue weighted by Gasteiger charge is 2.17. The van der Waals surface area contributed by atoms with E-state index in [9.17, 15) is 18.8 Å². The number of benzene rings is 2. The molecule has 0 radical (unpaired) electrons. The Labute approximate surface area is 170 Å². The predicted molar refractivity (Wildman–Crippen MR) is 105 cm³/mol. The van der Waals surface area contributed by atoms with Gasteiger partial charge in [-0.05, 0) is 55.3 Å². The number of hydrogen-bond donors (Lipinski definition) is 2. The van der Waals surface area contributed by atoms with Crippen molar-refractivity contribution in [2.75, 3.05) is 12.3 Å². The summed E-state index contributed by atoms with van der Waals surface area (Å²) < 4.78 is 27.6. The van der Waals surface area contributed by atoms with Crippen LogP contribution in [0.3, 0.4) is 0 Å². The number of carbonyl (C=O) groups is 1. The topological polar surface area (TPSA) is 96.7 Å². The van der Waals surface area contributed by atoms with Gasteiger partial charge >= 0.3 is 0 Å². The van der Waals surface area contributed by atoms with E-state index in [1.807, 2.05) is 6.07 Å². The van der Waals surface area contributed by atoms with Gasteiger partial charge in [0.1, 0.15) is 29.1 Å². The average molecular weight is 416 g/mol. The summed E-state index contributed by atoms with van der Waals surface area (Å²) in [6.45, 7) is 0.292. The van der Waals surface area contributed by atoms with Crippen molar-refractivity contribution >= 4 is 23.3 Å². The molecule has 148 valence electrons. The van der Waals surface area contributed by atoms with Crippen LogP contribution in [0.25, 0.3) is 5.69 Å². The van der Waals surface area contributed by atoms with Gasteiger partial charge in [-0.3, -0.25) is 4.79 Å². The van der Waals surface area contributed by atoms with Gasteiger partial charge in [0.2, 0.25) is 0 Å². The first kappa shape index (κ1) is 20.3. The van der Waals surface area contributed by atoms with Crippen LogP contribution in [0.15, 0.2) is 42.5 Å². The Morgan fingerprint density at radius 3 is 2.55 bits per heavy atom. The molecule has 0 aliphatic rings. The van der Waals surface area contributed by atoms with E-state index >= 15 is 0 Å². The van der Waals surface area contributed by atoms with E-state index < -0.39 is 17.5 Å². The van der Waals surface area contributed by atoms with Crippen molar-refractivity contribution in [1.29, 1.82) is 5.26 Å². The molecule has 0 fully saturated rings. The molecule has 2 aromatic carbocycles. The highest BCUT2D eigenvalue weighted by Crippen LogP contribution is 2.22. The lowest BCUT2D eigenvalue weighted by atomic mass is 10.1. The van der Waals surface area contributed by atoms with Crippen LogP contribution in [0.1, 0.15) is 28.0 Å². The fourth-order valence-corrected chi connectivity index (χ4v) is 3.03. The molecule has 3 rings (SSSR count). The standard InChI is InChI=1S/C20H16ClF2N5O/c21-17-10-13(23)5-8-15(17)20(29)26-9-1-2-18-16(11-24)19(25)28(27-18)14-6-3-12(22)4-7-14/h3-8,10H,1-2,9,25H2,(H,26,29). The maximum Gasteiger partial charge on any atom is 0.252 e. The van der Waals surface area contributed by atoms with Crippen LogP contribution in [0.4, 0.5) is 14.6 Å². The summed E-state index contributed by atoms with van der Waals surface area (Å²) in [7, 11) is 0. The first-order valence-corrected chi connectivity index (χ1v) is 9.05. The number of rotatable bonds is 6. The zero-order valence-corrected chi connectivity index (χ0v) is 15.9. The second-order valence-electron chi connectivity index (χ2n) is 6.19. The van der Waals surface area contributed by atoms with Gasteiger partial charge in [-0.1, -0.05) is 11.6 Å². The minimum absolute atomic E-state index is 0.0279. The number of carbonyl (C=O) groups excluding carboxylic acids is 1. The van der Waals surface area contributed by atoms with E-state index in [4.69, 9.17) is 17.3 Å². The number of nitriles is 1. The Kier molecular flexibility index (Phi) is 6.10. The Morgan fingerprint density at radius 2 is 1.90 bits per heavy atom. The summed E-state index contributed by atoms with van der Waals surface area (Å²) >= 11 is 5.87. The fourth-order valence-electron chi connectivity index (χ4n) is 2.78. The Balaban J connectivity index is 1.65. The number of nitrogens with one attached hydrogen (secondary N) is 1. The Hall–Kier alpha value is -3.44. The van der Waals surface area contributed by atoms with Crippen molar-refractivity contribution in [3.63, 3.8) is 0 Å². The Bertz CT molecular complexity index is 1090. The molecule has 3 aromatic rings. The highest BCUT2D eigenvalue weighted by molar-refractivity contribution is 6.33. The minimum atomic E-state index is -0.523. The van der Waals surface area contributed by atoms with E-state index in [0.29, 0.717) is 30.8 Å². The third-order valence-electron chi connectivity index (χ3n) is 4.23. The highest BCUT2D eigenvalue weighted by atomic mass is 35.5. The van der Waals surface area contributed by atoms with Crippen molar-refractivity contribution in [3.8, 4) is 11.8 Å². The van der Waals surface area contributed by atoms with Crippen LogP contribution >= 0.6 is 11.6 Å². The van der Waals surface area contributed by atoms with Gasteiger partial charge in [0.25, 0.3) is 5.91 Å². The van der Waals surface area contributed by atoms with Gasteiger partial charge in [0.15, 0.2) is 0 Å². The molecule has 0 unspecified atom stereocenters. The second kappa shape index (κ2) is 8.71. The molecule has 0 saturated heterocycles. The number of anilines is 1. The lowest BCUT2D eigenvalue weighted by molar-refractivity contribution is 0.0953. The van der Waals surface area contributed by atoms with Gasteiger partial charge in [-0.2, -0.15) is 10.4 Å². The van der Waals surface area contributed by atoms with Gasteiger partial charge in [0, 0.05) is 6.54 Å². The van der Waals surface area contributed by atoms with E-state index in [2.05, 4.69) is 10.4 Å². The van der Waals surface area contributed by atoms with Crippen LogP contribution in [0.5, 0.6) is 0 Å². The molecule has 9 heteroatoms. The van der Waals surface area contributed by atoms with Crippen molar-refractivity contribution in [2.45, 2.75) is 12.8 Å². The third kappa shape index (κ3) is 4.52. The lowest BCUT2D eigenvalue weighted by Crippen LogP contribution is -2.25. The summed E-state index contributed by atoms with van der Waals surface area (Å²) in [5.41, 5.74) is 7.43. The molecule has 1 amide bonds. The monoisotopic (exact) mass is 415 g/mol. The zero-order valence-electron chi connectivity index (χ0n) is 15.1. The number of nitrogens with two attached hydrogens (primary N) is 1. The quantitative estimate of drug-likeness (QED) is 0.601. The molecule has 0 aliphatic heterocycles. The summed E-state index contributed by atoms with van der Waals surface area (Å²) in [5, 5.41) is 16.5. The minimum Gasteiger partial charge on any atom is -0.382 e. The van der Waals surface area contributed by atoms with E-state index in [1.54, 1.807) is 0 Å². The number of hydrogen-bond acceptors (Lipinski definition) is 4. The molecule has 0 bridgehead atoms. The van der Waals surface area contributed by atoms with E-state index in [0.717, 1.165) is 12.1 Å². The van der Waals surface area contributed by atoms with Gasteiger partial charge in [-0.15, -0.1) is 0 Å². The zero-order chi connectivity index (χ0) is 21.0. The van der Waals surface area contributed by atoms with Gasteiger partial charge < -0.3 is 11.1 Å². The van der Waals surface area contributed by atoms with Crippen molar-refractivity contribution < 1.29 is 13.6 Å². The van der Waals surface area contributed by atoms with Crippen molar-refractivity contribution in [1.82, 2.24) is 15.1 Å². The number of halogens is 3. The number of aromatic nitrogens is 2. The smallest absolute Gasteiger partial charge is 0.252 e. The summed E-state index contributed by atoms with van der Waals surface area (Å²) in [6, 6.07) is 11.1. The van der Waals surface area contributed by atoms with Crippen LogP contribution in [-0.4, -0.2) is 22.2 Å². The second-order valence-corrected chi connectivity index (χ2v) is 6.60. The Morgan fingerprint density at radius 1 is 1.21 bits per heavy atom. The maximum absolute atomic E-state index is 13.1. The average Bonchev–Trinajstić information content (AvgIpc) is 3.01. The SMILES string of the molecule is N#Cc1c(CCCNC(=O)c2ccc(F)cc2Cl)nn(-c2ccc(F)cc2)c1N. The summed E-state index contributed by atoms with van der Waals surface area (Å²) in [4.78, 5) is 12.1. The third-order valence-corrected chi connectivity index (χ3v) is 4.54. The van der Waals surface area contributed by atoms with E-state index in [1.165, 1.54) is 35.0 Å². The maximum atomic E-state index is 13.1. The number of aryl methyl sites for hydroxylation is 1. The molecular formula is C20H16ClF2N5O. The number of nitrogen functional groups attached to an aromatic ring is 1. The van der Waals surface area contributed by atoms with Crippen LogP contribution < -0.4 is 11.1 Å². The largest absolute Gasteiger partial charge is 0.382 e. The number of nitrogens with zero attached hydrogens (tertiary/aromatic N) is 3. The molecule has 0 aliphatic carbocycles. The fraction of sp³-hybridized carbons (Fsp3) is 0.150. The van der Waals surface area contributed by atoms with Crippen LogP contribution in [0, 0.1) is 23.0 Å². The molecule has 6 nitrogen and oxygen atoms in total. The molecule has 0 atom stereocenters. The summed E-state index contributed by atoms with van der Waals surface area (Å²) in [6.07, 6.45) is 0.873. The molecule has 3 N–H and O–H groups in total. The molecule has 0 spiro atoms. The van der Waals surface area contributed by atoms with Crippen LogP contribution in [-0.2, 0) is 6.42 Å².